The molecule has 1 saturated heterocycles. The summed E-state index contributed by atoms with van der Waals surface area (Å²) in [5, 5.41) is 0. The maximum Gasteiger partial charge on any atom is 0.311 e. The Morgan fingerprint density at radius 2 is 1.17 bits per heavy atom. The molecule has 2 aliphatic rings. The molecular formula is C34H54INO10. The minimum Gasteiger partial charge on any atom is -0.462 e. The van der Waals surface area contributed by atoms with E-state index in [2.05, 4.69) is 0 Å². The van der Waals surface area contributed by atoms with Crippen LogP contribution in [0.4, 0.5) is 0 Å². The van der Waals surface area contributed by atoms with Crippen molar-refractivity contribution in [3.05, 3.63) is 9.78 Å². The van der Waals surface area contributed by atoms with Crippen LogP contribution in [-0.4, -0.2) is 77.9 Å². The van der Waals surface area contributed by atoms with Crippen molar-refractivity contribution in [2.24, 2.45) is 27.6 Å². The summed E-state index contributed by atoms with van der Waals surface area (Å²) in [4.78, 5) is 68.0. The molecule has 11 nitrogen and oxygen atoms in total. The van der Waals surface area contributed by atoms with E-state index >= 15 is 0 Å². The molecule has 2 rings (SSSR count). The molecule has 0 unspecified atom stereocenters. The van der Waals surface area contributed by atoms with Gasteiger partial charge in [-0.3, -0.25) is 24.0 Å². The Labute approximate surface area is 287 Å². The fourth-order valence-electron chi connectivity index (χ4n) is 4.48. The molecule has 0 N–H and O–H groups in total. The average Bonchev–Trinajstić information content (AvgIpc) is 2.88. The molecule has 46 heavy (non-hydrogen) atoms. The molecule has 12 heteroatoms. The summed E-state index contributed by atoms with van der Waals surface area (Å²) in [5.74, 6) is -2.46. The van der Waals surface area contributed by atoms with Gasteiger partial charge in [-0.2, -0.15) is 0 Å². The Hall–Kier alpha value is -2.22. The van der Waals surface area contributed by atoms with Gasteiger partial charge in [-0.25, -0.2) is 0 Å². The van der Waals surface area contributed by atoms with E-state index in [1.165, 1.54) is 0 Å². The Balaban J connectivity index is 2.86. The highest BCUT2D eigenvalue weighted by molar-refractivity contribution is 14.1. The van der Waals surface area contributed by atoms with Crippen LogP contribution >= 0.6 is 22.6 Å². The van der Waals surface area contributed by atoms with Crippen molar-refractivity contribution in [3.63, 3.8) is 0 Å². The van der Waals surface area contributed by atoms with Gasteiger partial charge in [-0.05, 0) is 112 Å². The molecule has 0 spiro atoms. The van der Waals surface area contributed by atoms with Crippen LogP contribution in [0.3, 0.4) is 0 Å². The first-order chi connectivity index (χ1) is 20.7. The number of Topliss-reactive ketones (excluding diaryl/α,β-unsaturated/α-hetero) is 1. The number of esters is 4. The summed E-state index contributed by atoms with van der Waals surface area (Å²) in [7, 11) is 0. The van der Waals surface area contributed by atoms with Crippen LogP contribution in [-0.2, 0) is 47.7 Å². The minimum atomic E-state index is -1.36. The molecule has 0 amide bonds. The van der Waals surface area contributed by atoms with E-state index in [1.54, 1.807) is 89.3 Å². The predicted molar refractivity (Wildman–Crippen MR) is 179 cm³/mol. The third kappa shape index (κ3) is 10.1. The smallest absolute Gasteiger partial charge is 0.311 e. The number of hydrogen-bond donors (Lipinski definition) is 0. The van der Waals surface area contributed by atoms with Crippen molar-refractivity contribution in [1.82, 2.24) is 4.90 Å². The number of halogens is 1. The predicted octanol–water partition coefficient (Wildman–Crippen LogP) is 5.75. The van der Waals surface area contributed by atoms with Gasteiger partial charge in [-0.1, -0.05) is 13.8 Å². The lowest BCUT2D eigenvalue weighted by Crippen LogP contribution is -2.68. The molecule has 0 saturated carbocycles. The van der Waals surface area contributed by atoms with E-state index in [9.17, 15) is 24.0 Å². The largest absolute Gasteiger partial charge is 0.462 e. The third-order valence-electron chi connectivity index (χ3n) is 7.54. The first-order valence-corrected chi connectivity index (χ1v) is 16.9. The van der Waals surface area contributed by atoms with Gasteiger partial charge >= 0.3 is 23.9 Å². The molecule has 0 radical (unpaired) electrons. The van der Waals surface area contributed by atoms with Crippen molar-refractivity contribution in [3.8, 4) is 0 Å². The summed E-state index contributed by atoms with van der Waals surface area (Å²) < 4.78 is 31.1. The highest BCUT2D eigenvalue weighted by atomic mass is 127. The summed E-state index contributed by atoms with van der Waals surface area (Å²) >= 11 is 1.96. The molecule has 6 atom stereocenters. The second kappa shape index (κ2) is 14.5. The van der Waals surface area contributed by atoms with Crippen molar-refractivity contribution in [1.29, 1.82) is 0 Å². The lowest BCUT2D eigenvalue weighted by atomic mass is 9.89. The molecule has 262 valence electrons. The van der Waals surface area contributed by atoms with E-state index in [0.29, 0.717) is 3.58 Å². The SMILES string of the molecule is CC(C)[C@@H]1CC(=O)C(I)=CN1[C@@H]1O[C@H](COC(=O)C(C)(C)C)[C@H](OC(=O)C(C)(C)C)[C@H](OC(=O)C(C)(C)C)[C@H]1OC(=O)C(C)(C)C. The number of nitrogens with zero attached hydrogens (tertiary/aromatic N) is 1. The maximum atomic E-state index is 13.5. The van der Waals surface area contributed by atoms with Crippen LogP contribution in [0.1, 0.15) is 103 Å². The van der Waals surface area contributed by atoms with Crippen LogP contribution < -0.4 is 0 Å². The number of carbonyl (C=O) groups excluding carboxylic acids is 5. The lowest BCUT2D eigenvalue weighted by molar-refractivity contribution is -0.284. The number of hydrogen-bond acceptors (Lipinski definition) is 11. The zero-order valence-electron chi connectivity index (χ0n) is 29.9. The maximum absolute atomic E-state index is 13.5. The molecule has 0 aromatic rings. The summed E-state index contributed by atoms with van der Waals surface area (Å²) in [6.45, 7) is 23.8. The van der Waals surface area contributed by atoms with Crippen LogP contribution in [0.25, 0.3) is 0 Å². The molecule has 1 fully saturated rings. The monoisotopic (exact) mass is 763 g/mol. The zero-order valence-corrected chi connectivity index (χ0v) is 32.1. The van der Waals surface area contributed by atoms with Crippen molar-refractivity contribution >= 4 is 52.3 Å². The Bertz CT molecular complexity index is 1200. The van der Waals surface area contributed by atoms with E-state index in [0.717, 1.165) is 0 Å². The molecular weight excluding hydrogens is 709 g/mol. The Morgan fingerprint density at radius 1 is 0.761 bits per heavy atom. The van der Waals surface area contributed by atoms with Crippen LogP contribution in [0.15, 0.2) is 9.78 Å². The van der Waals surface area contributed by atoms with Crippen LogP contribution in [0.5, 0.6) is 0 Å². The summed E-state index contributed by atoms with van der Waals surface area (Å²) in [5.41, 5.74) is -3.75. The normalized spacial score (nSPS) is 26.3. The molecule has 2 heterocycles. The standard InChI is InChI=1S/C34H54INO10/c1-18(2)20-15-21(37)19(35)16-36(20)26-25(46-30(41)34(12,13)14)24(45-29(40)33(9,10)11)23(44-28(39)32(6,7)8)22(43-26)17-42-27(38)31(3,4)5/h16,18,20,22-26H,15,17H2,1-14H3/t20-,22+,23-,24-,25+,26+/m0/s1. The van der Waals surface area contributed by atoms with Crippen LogP contribution in [0.2, 0.25) is 0 Å². The third-order valence-corrected chi connectivity index (χ3v) is 8.42. The first kappa shape index (κ1) is 40.0. The molecule has 0 bridgehead atoms. The van der Waals surface area contributed by atoms with E-state index < -0.39 is 76.2 Å². The quantitative estimate of drug-likeness (QED) is 0.178. The van der Waals surface area contributed by atoms with E-state index in [1.807, 2.05) is 41.3 Å². The molecule has 0 aliphatic carbocycles. The number of ether oxygens (including phenoxy) is 5. The topological polar surface area (TPSA) is 135 Å². The second-order valence-electron chi connectivity index (χ2n) is 16.6. The highest BCUT2D eigenvalue weighted by Crippen LogP contribution is 2.39. The number of rotatable bonds is 7. The summed E-state index contributed by atoms with van der Waals surface area (Å²) in [6.07, 6.45) is -4.42. The minimum absolute atomic E-state index is 0.0436. The van der Waals surface area contributed by atoms with Gasteiger partial charge < -0.3 is 28.6 Å². The van der Waals surface area contributed by atoms with E-state index in [4.69, 9.17) is 23.7 Å². The Morgan fingerprint density at radius 3 is 1.59 bits per heavy atom. The van der Waals surface area contributed by atoms with Crippen LogP contribution in [0, 0.1) is 27.6 Å². The highest BCUT2D eigenvalue weighted by Gasteiger charge is 2.57. The van der Waals surface area contributed by atoms with Gasteiger partial charge in [-0.15, -0.1) is 0 Å². The van der Waals surface area contributed by atoms with Crippen molar-refractivity contribution < 1.29 is 47.7 Å². The lowest BCUT2D eigenvalue weighted by Gasteiger charge is -2.51. The zero-order chi connectivity index (χ0) is 35.7. The first-order valence-electron chi connectivity index (χ1n) is 15.8. The van der Waals surface area contributed by atoms with Gasteiger partial charge in [0.2, 0.25) is 0 Å². The second-order valence-corrected chi connectivity index (χ2v) is 17.8. The van der Waals surface area contributed by atoms with Gasteiger partial charge in [0.25, 0.3) is 0 Å². The molecule has 2 aliphatic heterocycles. The van der Waals surface area contributed by atoms with E-state index in [-0.39, 0.29) is 30.8 Å². The Kier molecular flexibility index (Phi) is 12.6. The van der Waals surface area contributed by atoms with Gasteiger partial charge in [0.1, 0.15) is 12.7 Å². The molecule has 0 aromatic heterocycles. The van der Waals surface area contributed by atoms with Gasteiger partial charge in [0, 0.05) is 18.7 Å². The number of carbonyl (C=O) groups is 5. The van der Waals surface area contributed by atoms with Gasteiger partial charge in [0.15, 0.2) is 30.3 Å². The average molecular weight is 764 g/mol. The fourth-order valence-corrected chi connectivity index (χ4v) is 5.02. The van der Waals surface area contributed by atoms with Gasteiger partial charge in [0.05, 0.1) is 25.2 Å². The van der Waals surface area contributed by atoms with Crippen molar-refractivity contribution in [2.45, 2.75) is 140 Å². The molecule has 0 aromatic carbocycles. The number of allylic oxidation sites excluding steroid dienone is 1. The number of ketones is 1. The fraction of sp³-hybridized carbons (Fsp3) is 0.794. The summed E-state index contributed by atoms with van der Waals surface area (Å²) in [6, 6.07) is -0.378. The van der Waals surface area contributed by atoms with Crippen molar-refractivity contribution in [2.75, 3.05) is 6.61 Å².